The fourth-order valence-electron chi connectivity index (χ4n) is 1.94. The molecule has 5 nitrogen and oxygen atoms in total. The van der Waals surface area contributed by atoms with E-state index in [0.717, 1.165) is 26.1 Å². The second kappa shape index (κ2) is 6.86. The smallest absolute Gasteiger partial charge is 0.232 e. The highest BCUT2D eigenvalue weighted by atomic mass is 32.2. The fraction of sp³-hybridized carbons (Fsp3) is 0.818. The lowest BCUT2D eigenvalue weighted by molar-refractivity contribution is -0.131. The van der Waals surface area contributed by atoms with Crippen LogP contribution in [0.5, 0.6) is 0 Å². The molecule has 0 unspecified atom stereocenters. The van der Waals surface area contributed by atoms with Gasteiger partial charge in [-0.25, -0.2) is 0 Å². The Bertz CT molecular complexity index is 286. The van der Waals surface area contributed by atoms with E-state index in [4.69, 9.17) is 5.73 Å². The summed E-state index contributed by atoms with van der Waals surface area (Å²) in [6.45, 7) is 4.63. The van der Waals surface area contributed by atoms with Gasteiger partial charge in [0.05, 0.1) is 11.5 Å². The minimum Gasteiger partial charge on any atom is -0.369 e. The Morgan fingerprint density at radius 3 is 2.65 bits per heavy atom. The van der Waals surface area contributed by atoms with E-state index in [1.165, 1.54) is 11.8 Å². The van der Waals surface area contributed by atoms with E-state index in [1.807, 2.05) is 4.90 Å². The normalized spacial score (nSPS) is 21.5. The van der Waals surface area contributed by atoms with Crippen LogP contribution in [0, 0.1) is 0 Å². The Hall–Kier alpha value is -0.750. The van der Waals surface area contributed by atoms with Gasteiger partial charge < -0.3 is 10.6 Å². The maximum atomic E-state index is 11.9. The van der Waals surface area contributed by atoms with Gasteiger partial charge in [-0.2, -0.15) is 0 Å². The van der Waals surface area contributed by atoms with Gasteiger partial charge in [0.15, 0.2) is 0 Å². The highest BCUT2D eigenvalue weighted by molar-refractivity contribution is 8.00. The van der Waals surface area contributed by atoms with Gasteiger partial charge in [0.1, 0.15) is 0 Å². The second-order valence-electron chi connectivity index (χ2n) is 4.34. The Morgan fingerprint density at radius 1 is 1.35 bits per heavy atom. The fourth-order valence-corrected chi connectivity index (χ4v) is 2.60. The summed E-state index contributed by atoms with van der Waals surface area (Å²) in [6, 6.07) is 0.453. The van der Waals surface area contributed by atoms with Crippen molar-refractivity contribution in [3.05, 3.63) is 0 Å². The molecule has 0 aromatic heterocycles. The summed E-state index contributed by atoms with van der Waals surface area (Å²) in [5.41, 5.74) is 5.03. The quantitative estimate of drug-likeness (QED) is 0.740. The molecule has 0 aromatic carbocycles. The lowest BCUT2D eigenvalue weighted by Gasteiger charge is -2.39. The third kappa shape index (κ3) is 4.55. The lowest BCUT2D eigenvalue weighted by Crippen LogP contribution is -2.53. The van der Waals surface area contributed by atoms with Crippen LogP contribution in [0.15, 0.2) is 0 Å². The van der Waals surface area contributed by atoms with Gasteiger partial charge in [-0.3, -0.25) is 14.5 Å². The number of carbonyl (C=O) groups excluding carboxylic acids is 2. The number of piperazine rings is 1. The topological polar surface area (TPSA) is 66.6 Å². The Balaban J connectivity index is 2.34. The SMILES string of the molecule is CC[C@H]1CN(C(=O)CSCC(N)=O)CCN1C. The molecule has 1 heterocycles. The molecule has 0 radical (unpaired) electrons. The Morgan fingerprint density at radius 2 is 2.06 bits per heavy atom. The van der Waals surface area contributed by atoms with E-state index in [-0.39, 0.29) is 17.6 Å². The molecule has 1 fully saturated rings. The van der Waals surface area contributed by atoms with Crippen LogP contribution in [0.3, 0.4) is 0 Å². The van der Waals surface area contributed by atoms with Gasteiger partial charge in [-0.15, -0.1) is 11.8 Å². The monoisotopic (exact) mass is 259 g/mol. The van der Waals surface area contributed by atoms with Crippen molar-refractivity contribution in [1.82, 2.24) is 9.80 Å². The number of likely N-dealkylation sites (N-methyl/N-ethyl adjacent to an activating group) is 1. The number of nitrogens with two attached hydrogens (primary N) is 1. The highest BCUT2D eigenvalue weighted by Gasteiger charge is 2.25. The zero-order valence-electron chi connectivity index (χ0n) is 10.5. The largest absolute Gasteiger partial charge is 0.369 e. The molecule has 17 heavy (non-hydrogen) atoms. The lowest BCUT2D eigenvalue weighted by atomic mass is 10.1. The zero-order chi connectivity index (χ0) is 12.8. The zero-order valence-corrected chi connectivity index (χ0v) is 11.3. The molecule has 1 atom stereocenters. The van der Waals surface area contributed by atoms with Crippen molar-refractivity contribution in [1.29, 1.82) is 0 Å². The van der Waals surface area contributed by atoms with Crippen LogP contribution in [0.2, 0.25) is 0 Å². The molecule has 98 valence electrons. The van der Waals surface area contributed by atoms with Crippen molar-refractivity contribution in [2.24, 2.45) is 5.73 Å². The minimum absolute atomic E-state index is 0.114. The molecule has 0 bridgehead atoms. The average Bonchev–Trinajstić information content (AvgIpc) is 2.29. The number of nitrogens with zero attached hydrogens (tertiary/aromatic N) is 2. The highest BCUT2D eigenvalue weighted by Crippen LogP contribution is 2.12. The number of thioether (sulfide) groups is 1. The average molecular weight is 259 g/mol. The number of hydrogen-bond donors (Lipinski definition) is 1. The second-order valence-corrected chi connectivity index (χ2v) is 5.33. The summed E-state index contributed by atoms with van der Waals surface area (Å²) in [5, 5.41) is 0. The number of primary amides is 1. The van der Waals surface area contributed by atoms with Crippen LogP contribution in [0.1, 0.15) is 13.3 Å². The third-order valence-electron chi connectivity index (χ3n) is 3.07. The first-order valence-corrected chi connectivity index (χ1v) is 7.04. The molecule has 0 aliphatic carbocycles. The van der Waals surface area contributed by atoms with Gasteiger partial charge in [0, 0.05) is 25.7 Å². The molecule has 1 aliphatic rings. The number of amides is 2. The van der Waals surface area contributed by atoms with E-state index >= 15 is 0 Å². The summed E-state index contributed by atoms with van der Waals surface area (Å²) in [5.74, 6) is 0.315. The van der Waals surface area contributed by atoms with Crippen LogP contribution in [0.4, 0.5) is 0 Å². The molecule has 2 N–H and O–H groups in total. The summed E-state index contributed by atoms with van der Waals surface area (Å²) in [4.78, 5) is 26.6. The van der Waals surface area contributed by atoms with Crippen LogP contribution >= 0.6 is 11.8 Å². The summed E-state index contributed by atoms with van der Waals surface area (Å²) >= 11 is 1.29. The standard InChI is InChI=1S/C11H21N3O2S/c1-3-9-6-14(5-4-13(9)2)11(16)8-17-7-10(12)15/h9H,3-8H2,1-2H3,(H2,12,15)/t9-/m0/s1. The molecule has 1 aliphatic heterocycles. The predicted octanol–water partition coefficient (Wildman–Crippen LogP) is -0.242. The van der Waals surface area contributed by atoms with Crippen molar-refractivity contribution in [3.8, 4) is 0 Å². The van der Waals surface area contributed by atoms with Gasteiger partial charge in [-0.1, -0.05) is 6.92 Å². The van der Waals surface area contributed by atoms with Crippen LogP contribution in [-0.2, 0) is 9.59 Å². The number of hydrogen-bond acceptors (Lipinski definition) is 4. The summed E-state index contributed by atoms with van der Waals surface area (Å²) in [7, 11) is 2.10. The molecule has 0 spiro atoms. The van der Waals surface area contributed by atoms with Gasteiger partial charge in [0.25, 0.3) is 0 Å². The van der Waals surface area contributed by atoms with Crippen molar-refractivity contribution in [2.45, 2.75) is 19.4 Å². The summed E-state index contributed by atoms with van der Waals surface area (Å²) < 4.78 is 0. The number of carbonyl (C=O) groups is 2. The van der Waals surface area contributed by atoms with Crippen LogP contribution in [-0.4, -0.2) is 65.8 Å². The van der Waals surface area contributed by atoms with E-state index < -0.39 is 0 Å². The third-order valence-corrected chi connectivity index (χ3v) is 4.01. The van der Waals surface area contributed by atoms with Crippen molar-refractivity contribution < 1.29 is 9.59 Å². The Labute approximate surface area is 107 Å². The van der Waals surface area contributed by atoms with Gasteiger partial charge in [-0.05, 0) is 13.5 Å². The molecule has 1 saturated heterocycles. The van der Waals surface area contributed by atoms with Crippen molar-refractivity contribution in [2.75, 3.05) is 38.2 Å². The van der Waals surface area contributed by atoms with E-state index in [0.29, 0.717) is 11.8 Å². The minimum atomic E-state index is -0.368. The van der Waals surface area contributed by atoms with E-state index in [9.17, 15) is 9.59 Å². The van der Waals surface area contributed by atoms with Crippen LogP contribution in [0.25, 0.3) is 0 Å². The van der Waals surface area contributed by atoms with Crippen LogP contribution < -0.4 is 5.73 Å². The molecule has 0 saturated carbocycles. The molecule has 6 heteroatoms. The van der Waals surface area contributed by atoms with E-state index in [2.05, 4.69) is 18.9 Å². The Kier molecular flexibility index (Phi) is 5.77. The number of rotatable bonds is 5. The first-order valence-electron chi connectivity index (χ1n) is 5.88. The van der Waals surface area contributed by atoms with Crippen molar-refractivity contribution in [3.63, 3.8) is 0 Å². The first kappa shape index (κ1) is 14.3. The van der Waals surface area contributed by atoms with Crippen molar-refractivity contribution >= 4 is 23.6 Å². The molecular weight excluding hydrogens is 238 g/mol. The molecular formula is C11H21N3O2S. The molecule has 2 amide bonds. The summed E-state index contributed by atoms with van der Waals surface area (Å²) in [6.07, 6.45) is 1.05. The van der Waals surface area contributed by atoms with Gasteiger partial charge >= 0.3 is 0 Å². The first-order chi connectivity index (χ1) is 8.04. The molecule has 1 rings (SSSR count). The molecule has 0 aromatic rings. The predicted molar refractivity (Wildman–Crippen MR) is 69.8 cm³/mol. The maximum absolute atomic E-state index is 11.9. The van der Waals surface area contributed by atoms with Gasteiger partial charge in [0.2, 0.25) is 11.8 Å². The maximum Gasteiger partial charge on any atom is 0.232 e. The van der Waals surface area contributed by atoms with E-state index in [1.54, 1.807) is 0 Å².